The fourth-order valence-electron chi connectivity index (χ4n) is 2.82. The summed E-state index contributed by atoms with van der Waals surface area (Å²) in [6, 6.07) is 4.73. The molecule has 1 aromatic carbocycles. The second-order valence-corrected chi connectivity index (χ2v) is 5.94. The molecule has 1 aliphatic rings. The van der Waals surface area contributed by atoms with Gasteiger partial charge in [0.1, 0.15) is 5.76 Å². The topological polar surface area (TPSA) is 34.4 Å². The summed E-state index contributed by atoms with van der Waals surface area (Å²) in [5.41, 5.74) is 2.11. The number of hydrogen-bond donors (Lipinski definition) is 1. The Bertz CT molecular complexity index is 600. The number of methoxy groups -OCH3 is 1. The third-order valence-corrected chi connectivity index (χ3v) is 4.69. The number of benzene rings is 1. The molecule has 1 unspecified atom stereocenters. The van der Waals surface area contributed by atoms with Gasteiger partial charge in [0.25, 0.3) is 0 Å². The zero-order valence-corrected chi connectivity index (χ0v) is 12.8. The summed E-state index contributed by atoms with van der Waals surface area (Å²) in [4.78, 5) is 0. The van der Waals surface area contributed by atoms with Crippen LogP contribution >= 0.6 is 15.9 Å². The molecule has 19 heavy (non-hydrogen) atoms. The minimum Gasteiger partial charge on any atom is -0.493 e. The van der Waals surface area contributed by atoms with Crippen LogP contribution in [0.3, 0.4) is 0 Å². The lowest BCUT2D eigenvalue weighted by atomic mass is 10.0. The molecule has 2 aromatic rings. The van der Waals surface area contributed by atoms with Crippen LogP contribution in [-0.2, 0) is 6.42 Å². The summed E-state index contributed by atoms with van der Waals surface area (Å²) in [6.07, 6.45) is 3.54. The van der Waals surface area contributed by atoms with E-state index < -0.39 is 0 Å². The third kappa shape index (κ3) is 2.39. The first-order valence-corrected chi connectivity index (χ1v) is 7.47. The fraction of sp³-hybridized carbons (Fsp3) is 0.467. The van der Waals surface area contributed by atoms with E-state index in [1.165, 1.54) is 18.4 Å². The maximum Gasteiger partial charge on any atom is 0.177 e. The van der Waals surface area contributed by atoms with Gasteiger partial charge in [-0.05, 0) is 66.4 Å². The maximum atomic E-state index is 5.73. The van der Waals surface area contributed by atoms with E-state index in [2.05, 4.69) is 33.4 Å². The molecular formula is C15H18BrNO2. The van der Waals surface area contributed by atoms with Gasteiger partial charge in [0.05, 0.1) is 7.11 Å². The van der Waals surface area contributed by atoms with Crippen molar-refractivity contribution in [2.75, 3.05) is 13.7 Å². The fourth-order valence-corrected chi connectivity index (χ4v) is 3.39. The zero-order valence-electron chi connectivity index (χ0n) is 11.3. The van der Waals surface area contributed by atoms with E-state index in [0.717, 1.165) is 39.9 Å². The molecular weight excluding hydrogens is 306 g/mol. The average molecular weight is 324 g/mol. The Morgan fingerprint density at radius 3 is 3.00 bits per heavy atom. The molecule has 1 fully saturated rings. The van der Waals surface area contributed by atoms with Gasteiger partial charge in [-0.15, -0.1) is 0 Å². The van der Waals surface area contributed by atoms with Gasteiger partial charge in [-0.3, -0.25) is 0 Å². The number of hydrogen-bond acceptors (Lipinski definition) is 3. The Labute approximate surface area is 121 Å². The minimum atomic E-state index is 0.575. The van der Waals surface area contributed by atoms with E-state index in [0.29, 0.717) is 6.04 Å². The van der Waals surface area contributed by atoms with E-state index in [-0.39, 0.29) is 0 Å². The summed E-state index contributed by atoms with van der Waals surface area (Å²) >= 11 is 3.72. The van der Waals surface area contributed by atoms with Gasteiger partial charge < -0.3 is 14.5 Å². The molecule has 4 heteroatoms. The second-order valence-electron chi connectivity index (χ2n) is 5.15. The Kier molecular flexibility index (Phi) is 3.54. The van der Waals surface area contributed by atoms with Crippen molar-refractivity contribution in [1.82, 2.24) is 5.32 Å². The quantitative estimate of drug-likeness (QED) is 0.932. The number of furan rings is 1. The highest BCUT2D eigenvalue weighted by Gasteiger charge is 2.19. The van der Waals surface area contributed by atoms with Crippen molar-refractivity contribution in [1.29, 1.82) is 0 Å². The maximum absolute atomic E-state index is 5.73. The van der Waals surface area contributed by atoms with E-state index in [4.69, 9.17) is 9.15 Å². The molecule has 1 N–H and O–H groups in total. The van der Waals surface area contributed by atoms with Crippen LogP contribution in [0.25, 0.3) is 11.0 Å². The van der Waals surface area contributed by atoms with Crippen molar-refractivity contribution in [2.45, 2.75) is 32.2 Å². The van der Waals surface area contributed by atoms with Crippen LogP contribution in [0.5, 0.6) is 5.75 Å². The first kappa shape index (κ1) is 13.0. The highest BCUT2D eigenvalue weighted by molar-refractivity contribution is 9.10. The standard InChI is InChI=1S/C15H18BrNO2/c1-9-6-12-14(16)10(7-11-4-3-5-17-11)8-13(18-2)15(12)19-9/h6,8,11,17H,3-5,7H2,1-2H3. The summed E-state index contributed by atoms with van der Waals surface area (Å²) in [5.74, 6) is 1.73. The molecule has 3 nitrogen and oxygen atoms in total. The molecule has 0 aliphatic carbocycles. The first-order valence-electron chi connectivity index (χ1n) is 6.68. The summed E-state index contributed by atoms with van der Waals surface area (Å²) in [6.45, 7) is 3.09. The number of fused-ring (bicyclic) bond motifs is 1. The molecule has 0 spiro atoms. The van der Waals surface area contributed by atoms with E-state index >= 15 is 0 Å². The number of aryl methyl sites for hydroxylation is 1. The minimum absolute atomic E-state index is 0.575. The van der Waals surface area contributed by atoms with E-state index in [9.17, 15) is 0 Å². The molecule has 2 heterocycles. The Balaban J connectivity index is 2.05. The van der Waals surface area contributed by atoms with Crippen molar-refractivity contribution in [3.63, 3.8) is 0 Å². The summed E-state index contributed by atoms with van der Waals surface area (Å²) < 4.78 is 12.3. The zero-order chi connectivity index (χ0) is 13.4. The lowest BCUT2D eigenvalue weighted by Crippen LogP contribution is -2.23. The van der Waals surface area contributed by atoms with Crippen LogP contribution in [0.2, 0.25) is 0 Å². The van der Waals surface area contributed by atoms with Crippen LogP contribution in [0.4, 0.5) is 0 Å². The largest absolute Gasteiger partial charge is 0.493 e. The summed E-state index contributed by atoms with van der Waals surface area (Å²) in [7, 11) is 1.69. The molecule has 3 rings (SSSR count). The molecule has 0 amide bonds. The highest BCUT2D eigenvalue weighted by atomic mass is 79.9. The first-order chi connectivity index (χ1) is 9.19. The SMILES string of the molecule is COc1cc(CC2CCCN2)c(Br)c2cc(C)oc12. The van der Waals surface area contributed by atoms with Crippen LogP contribution < -0.4 is 10.1 Å². The van der Waals surface area contributed by atoms with Gasteiger partial charge in [-0.1, -0.05) is 0 Å². The van der Waals surface area contributed by atoms with Crippen LogP contribution in [0.1, 0.15) is 24.2 Å². The van der Waals surface area contributed by atoms with Gasteiger partial charge in [0.15, 0.2) is 11.3 Å². The van der Waals surface area contributed by atoms with Crippen LogP contribution in [0.15, 0.2) is 21.0 Å². The van der Waals surface area contributed by atoms with Gasteiger partial charge >= 0.3 is 0 Å². The lowest BCUT2D eigenvalue weighted by molar-refractivity contribution is 0.408. The molecule has 1 aliphatic heterocycles. The molecule has 1 saturated heterocycles. The van der Waals surface area contributed by atoms with Gasteiger partial charge in [-0.2, -0.15) is 0 Å². The predicted molar refractivity (Wildman–Crippen MR) is 79.9 cm³/mol. The predicted octanol–water partition coefficient (Wildman–Crippen LogP) is 3.81. The smallest absolute Gasteiger partial charge is 0.177 e. The van der Waals surface area contributed by atoms with Crippen molar-refractivity contribution in [3.05, 3.63) is 27.9 Å². The Morgan fingerprint density at radius 1 is 1.47 bits per heavy atom. The molecule has 1 aromatic heterocycles. The summed E-state index contributed by atoms with van der Waals surface area (Å²) in [5, 5.41) is 4.64. The van der Waals surface area contributed by atoms with Crippen molar-refractivity contribution >= 4 is 26.9 Å². The second kappa shape index (κ2) is 5.17. The van der Waals surface area contributed by atoms with Gasteiger partial charge in [-0.25, -0.2) is 0 Å². The molecule has 0 saturated carbocycles. The number of ether oxygens (including phenoxy) is 1. The number of nitrogens with one attached hydrogen (secondary N) is 1. The lowest BCUT2D eigenvalue weighted by Gasteiger charge is -2.13. The molecule has 1 atom stereocenters. The number of rotatable bonds is 3. The molecule has 102 valence electrons. The normalized spacial score (nSPS) is 19.2. The van der Waals surface area contributed by atoms with Crippen LogP contribution in [-0.4, -0.2) is 19.7 Å². The Hall–Kier alpha value is -1.00. The Morgan fingerprint density at radius 2 is 2.32 bits per heavy atom. The van der Waals surface area contributed by atoms with E-state index in [1.54, 1.807) is 7.11 Å². The molecule has 0 radical (unpaired) electrons. The average Bonchev–Trinajstić information content (AvgIpc) is 3.02. The van der Waals surface area contributed by atoms with E-state index in [1.807, 2.05) is 6.92 Å². The highest BCUT2D eigenvalue weighted by Crippen LogP contribution is 2.37. The van der Waals surface area contributed by atoms with Crippen LogP contribution in [0, 0.1) is 6.92 Å². The number of halogens is 1. The third-order valence-electron chi connectivity index (χ3n) is 3.75. The molecule has 0 bridgehead atoms. The monoisotopic (exact) mass is 323 g/mol. The van der Waals surface area contributed by atoms with Gasteiger partial charge in [0.2, 0.25) is 0 Å². The van der Waals surface area contributed by atoms with Crippen molar-refractivity contribution in [3.8, 4) is 5.75 Å². The van der Waals surface area contributed by atoms with Crippen molar-refractivity contribution in [2.24, 2.45) is 0 Å². The van der Waals surface area contributed by atoms with Gasteiger partial charge in [0, 0.05) is 15.9 Å². The van der Waals surface area contributed by atoms with Crippen molar-refractivity contribution < 1.29 is 9.15 Å².